The largest absolute Gasteiger partial charge is 0.380 e. The van der Waals surface area contributed by atoms with Gasteiger partial charge in [0.05, 0.1) is 11.9 Å². The van der Waals surface area contributed by atoms with Crippen LogP contribution in [0, 0.1) is 29.1 Å². The lowest BCUT2D eigenvalue weighted by Crippen LogP contribution is -2.58. The number of rotatable bonds is 6. The van der Waals surface area contributed by atoms with Crippen molar-refractivity contribution in [3.8, 4) is 0 Å². The van der Waals surface area contributed by atoms with E-state index in [4.69, 9.17) is 0 Å². The summed E-state index contributed by atoms with van der Waals surface area (Å²) in [6.45, 7) is 7.16. The van der Waals surface area contributed by atoms with E-state index in [1.165, 1.54) is 11.1 Å². The number of ketones is 1. The van der Waals surface area contributed by atoms with E-state index >= 15 is 0 Å². The van der Waals surface area contributed by atoms with Gasteiger partial charge in [0.1, 0.15) is 11.0 Å². The zero-order valence-corrected chi connectivity index (χ0v) is 17.4. The molecule has 5 rings (SSSR count). The van der Waals surface area contributed by atoms with E-state index in [1.807, 2.05) is 0 Å². The van der Waals surface area contributed by atoms with E-state index in [0.29, 0.717) is 34.2 Å². The number of nitrogens with one attached hydrogen (secondary N) is 1. The SMILES string of the molecule is C[C@@H]1[C@H]2C[C@@H](C[C@H]1Nc1cnn(CC(=O)CC3CC3)c(=O)c1Br)C2(C)C. The molecule has 5 nitrogen and oxygen atoms in total. The van der Waals surface area contributed by atoms with Crippen molar-refractivity contribution in [1.29, 1.82) is 0 Å². The molecular formula is C20H28BrN3O2. The summed E-state index contributed by atoms with van der Waals surface area (Å²) < 4.78 is 1.77. The first-order chi connectivity index (χ1) is 12.3. The van der Waals surface area contributed by atoms with Crippen molar-refractivity contribution in [1.82, 2.24) is 9.78 Å². The molecule has 0 saturated heterocycles. The number of carbonyl (C=O) groups excluding carboxylic acids is 1. The minimum absolute atomic E-state index is 0.0758. The summed E-state index contributed by atoms with van der Waals surface area (Å²) in [4.78, 5) is 24.6. The zero-order chi connectivity index (χ0) is 18.6. The summed E-state index contributed by atoms with van der Waals surface area (Å²) in [5.41, 5.74) is 0.961. The van der Waals surface area contributed by atoms with E-state index in [1.54, 1.807) is 6.20 Å². The number of nitrogens with zero attached hydrogens (tertiary/aromatic N) is 2. The van der Waals surface area contributed by atoms with Gasteiger partial charge in [0.15, 0.2) is 5.78 Å². The first kappa shape index (κ1) is 18.2. The molecule has 2 bridgehead atoms. The number of anilines is 1. The number of halogens is 1. The van der Waals surface area contributed by atoms with Gasteiger partial charge >= 0.3 is 0 Å². The quantitative estimate of drug-likeness (QED) is 0.756. The maximum Gasteiger partial charge on any atom is 0.283 e. The first-order valence-electron chi connectivity index (χ1n) is 9.81. The predicted molar refractivity (Wildman–Crippen MR) is 105 cm³/mol. The number of hydrogen-bond donors (Lipinski definition) is 1. The lowest BCUT2D eigenvalue weighted by atomic mass is 9.45. The molecule has 6 heteroatoms. The molecule has 1 aromatic rings. The monoisotopic (exact) mass is 421 g/mol. The maximum atomic E-state index is 12.6. The average molecular weight is 422 g/mol. The van der Waals surface area contributed by atoms with Crippen LogP contribution in [0.2, 0.25) is 0 Å². The maximum absolute atomic E-state index is 12.6. The van der Waals surface area contributed by atoms with E-state index in [2.05, 4.69) is 47.1 Å². The summed E-state index contributed by atoms with van der Waals surface area (Å²) in [6.07, 6.45) is 7.01. The topological polar surface area (TPSA) is 64.0 Å². The normalized spacial score (nSPS) is 32.0. The second-order valence-corrected chi connectivity index (χ2v) is 10.0. The summed E-state index contributed by atoms with van der Waals surface area (Å²) in [5, 5.41) is 7.80. The fourth-order valence-corrected chi connectivity index (χ4v) is 5.52. The van der Waals surface area contributed by atoms with Crippen molar-refractivity contribution < 1.29 is 4.79 Å². The van der Waals surface area contributed by atoms with Crippen LogP contribution in [-0.2, 0) is 11.3 Å². The van der Waals surface area contributed by atoms with Crippen LogP contribution in [0.15, 0.2) is 15.5 Å². The van der Waals surface area contributed by atoms with Crippen LogP contribution < -0.4 is 10.9 Å². The summed E-state index contributed by atoms with van der Waals surface area (Å²) in [5.74, 6) is 2.70. The van der Waals surface area contributed by atoms with Gasteiger partial charge in [0.25, 0.3) is 5.56 Å². The Balaban J connectivity index is 1.45. The molecule has 1 aromatic heterocycles. The van der Waals surface area contributed by atoms with Crippen molar-refractivity contribution in [3.05, 3.63) is 21.0 Å². The van der Waals surface area contributed by atoms with E-state index in [-0.39, 0.29) is 17.9 Å². The standard InChI is InChI=1S/C20H28BrN3O2/c1-11-15-7-13(20(15,2)3)8-16(11)23-17-9-22-24(19(26)18(17)21)10-14(25)6-12-4-5-12/h9,11-13,15-16,23H,4-8,10H2,1-3H3/t11-,13+,15-,16-/m1/s1. The van der Waals surface area contributed by atoms with Gasteiger partial charge in [0, 0.05) is 12.5 Å². The van der Waals surface area contributed by atoms with Gasteiger partial charge < -0.3 is 5.32 Å². The van der Waals surface area contributed by atoms with Crippen molar-refractivity contribution in [2.24, 2.45) is 29.1 Å². The number of carbonyl (C=O) groups is 1. The molecule has 4 saturated carbocycles. The van der Waals surface area contributed by atoms with E-state index in [0.717, 1.165) is 36.8 Å². The van der Waals surface area contributed by atoms with Gasteiger partial charge in [0.2, 0.25) is 0 Å². The molecule has 0 spiro atoms. The summed E-state index contributed by atoms with van der Waals surface area (Å²) in [7, 11) is 0. The molecule has 0 unspecified atom stereocenters. The number of hydrogen-bond acceptors (Lipinski definition) is 4. The third-order valence-corrected chi connectivity index (χ3v) is 7.99. The minimum atomic E-state index is -0.229. The molecule has 1 N–H and O–H groups in total. The number of fused-ring (bicyclic) bond motifs is 2. The summed E-state index contributed by atoms with van der Waals surface area (Å²) >= 11 is 3.43. The Bertz CT molecular complexity index is 784. The van der Waals surface area contributed by atoms with Crippen molar-refractivity contribution in [2.75, 3.05) is 5.32 Å². The van der Waals surface area contributed by atoms with E-state index in [9.17, 15) is 9.59 Å². The van der Waals surface area contributed by atoms with Crippen LogP contribution in [0.4, 0.5) is 5.69 Å². The first-order valence-corrected chi connectivity index (χ1v) is 10.6. The molecule has 142 valence electrons. The Morgan fingerprint density at radius 1 is 1.38 bits per heavy atom. The Morgan fingerprint density at radius 3 is 2.73 bits per heavy atom. The highest BCUT2D eigenvalue weighted by molar-refractivity contribution is 9.10. The van der Waals surface area contributed by atoms with Crippen molar-refractivity contribution in [3.63, 3.8) is 0 Å². The molecule has 4 aliphatic carbocycles. The molecule has 0 aromatic carbocycles. The summed E-state index contributed by atoms with van der Waals surface area (Å²) in [6, 6.07) is 0.372. The molecule has 1 heterocycles. The Labute approximate surface area is 163 Å². The van der Waals surface area contributed by atoms with Gasteiger partial charge in [-0.15, -0.1) is 0 Å². The van der Waals surface area contributed by atoms with Crippen LogP contribution in [0.3, 0.4) is 0 Å². The van der Waals surface area contributed by atoms with Gasteiger partial charge in [-0.3, -0.25) is 9.59 Å². The van der Waals surface area contributed by atoms with Crippen molar-refractivity contribution >= 4 is 27.4 Å². The van der Waals surface area contributed by atoms with Crippen LogP contribution in [0.25, 0.3) is 0 Å². The number of Topliss-reactive ketones (excluding diaryl/α,β-unsaturated/α-hetero) is 1. The van der Waals surface area contributed by atoms with Crippen LogP contribution in [-0.4, -0.2) is 21.6 Å². The molecule has 26 heavy (non-hydrogen) atoms. The fourth-order valence-electron chi connectivity index (χ4n) is 5.09. The molecule has 4 atom stereocenters. The van der Waals surface area contributed by atoms with Crippen LogP contribution >= 0.6 is 15.9 Å². The fraction of sp³-hybridized carbons (Fsp3) is 0.750. The molecule has 0 aliphatic heterocycles. The Morgan fingerprint density at radius 2 is 2.12 bits per heavy atom. The minimum Gasteiger partial charge on any atom is -0.380 e. The Kier molecular flexibility index (Phi) is 4.53. The van der Waals surface area contributed by atoms with Crippen LogP contribution in [0.5, 0.6) is 0 Å². The third kappa shape index (κ3) is 3.14. The lowest BCUT2D eigenvalue weighted by molar-refractivity contribution is -0.120. The van der Waals surface area contributed by atoms with Crippen LogP contribution in [0.1, 0.15) is 52.9 Å². The highest BCUT2D eigenvalue weighted by Crippen LogP contribution is 2.61. The van der Waals surface area contributed by atoms with Crippen molar-refractivity contribution in [2.45, 2.75) is 65.5 Å². The highest BCUT2D eigenvalue weighted by Gasteiger charge is 2.56. The molecule has 0 amide bonds. The smallest absolute Gasteiger partial charge is 0.283 e. The van der Waals surface area contributed by atoms with Gasteiger partial charge in [-0.2, -0.15) is 5.10 Å². The van der Waals surface area contributed by atoms with Gasteiger partial charge in [-0.25, -0.2) is 4.68 Å². The predicted octanol–water partition coefficient (Wildman–Crippen LogP) is 3.86. The number of aromatic nitrogens is 2. The molecule has 4 fully saturated rings. The second-order valence-electron chi connectivity index (χ2n) is 9.23. The zero-order valence-electron chi connectivity index (χ0n) is 15.8. The van der Waals surface area contributed by atoms with E-state index < -0.39 is 0 Å². The lowest BCUT2D eigenvalue weighted by Gasteiger charge is -2.62. The van der Waals surface area contributed by atoms with Gasteiger partial charge in [-0.1, -0.05) is 20.8 Å². The molecule has 0 radical (unpaired) electrons. The molecular weight excluding hydrogens is 394 g/mol. The average Bonchev–Trinajstić information content (AvgIpc) is 3.39. The Hall–Kier alpha value is -1.17. The molecule has 4 aliphatic rings. The second kappa shape index (κ2) is 6.47. The highest BCUT2D eigenvalue weighted by atomic mass is 79.9. The van der Waals surface area contributed by atoms with Gasteiger partial charge in [-0.05, 0) is 70.7 Å². The third-order valence-electron chi connectivity index (χ3n) is 7.22.